The van der Waals surface area contributed by atoms with Crippen LogP contribution in [0.1, 0.15) is 35.5 Å². The van der Waals surface area contributed by atoms with Crippen LogP contribution in [-0.2, 0) is 4.79 Å². The summed E-state index contributed by atoms with van der Waals surface area (Å²) in [6.45, 7) is 6.33. The number of hydrogen-bond donors (Lipinski definition) is 0. The van der Waals surface area contributed by atoms with E-state index in [4.69, 9.17) is 20.9 Å². The molecule has 1 aromatic heterocycles. The van der Waals surface area contributed by atoms with Gasteiger partial charge in [0.25, 0.3) is 5.91 Å². The van der Waals surface area contributed by atoms with Crippen molar-refractivity contribution in [2.24, 2.45) is 5.41 Å². The van der Waals surface area contributed by atoms with Crippen molar-refractivity contribution < 1.29 is 18.8 Å². The molecule has 0 bridgehead atoms. The molecule has 2 saturated heterocycles. The molecular weight excluding hydrogens is 444 g/mol. The van der Waals surface area contributed by atoms with Gasteiger partial charge in [-0.15, -0.1) is 0 Å². The molecule has 0 saturated carbocycles. The standard InChI is InChI=1S/C24H31ClN4O4/c1-18-13-21(33-26-18)23(31)29-8-4-7-24(16-29,17-32-20-6-3-5-19(25)14-20)15-22(30)28-11-9-27(2)10-12-28/h3,5-6,13-14H,4,7-12,15-17H2,1-2H3. The number of likely N-dealkylation sites (N-methyl/N-ethyl adjacent to an activating group) is 1. The van der Waals surface area contributed by atoms with E-state index in [1.54, 1.807) is 30.0 Å². The highest BCUT2D eigenvalue weighted by Crippen LogP contribution is 2.36. The van der Waals surface area contributed by atoms with Gasteiger partial charge in [0.1, 0.15) is 5.75 Å². The van der Waals surface area contributed by atoms with Crippen LogP contribution in [0.15, 0.2) is 34.9 Å². The fraction of sp³-hybridized carbons (Fsp3) is 0.542. The van der Waals surface area contributed by atoms with Gasteiger partial charge in [0, 0.05) is 62.2 Å². The van der Waals surface area contributed by atoms with Gasteiger partial charge in [-0.3, -0.25) is 9.59 Å². The quantitative estimate of drug-likeness (QED) is 0.640. The van der Waals surface area contributed by atoms with E-state index in [-0.39, 0.29) is 17.6 Å². The van der Waals surface area contributed by atoms with Crippen LogP contribution in [0.3, 0.4) is 0 Å². The number of halogens is 1. The molecule has 0 radical (unpaired) electrons. The van der Waals surface area contributed by atoms with Crippen LogP contribution in [-0.4, -0.2) is 84.6 Å². The zero-order valence-electron chi connectivity index (χ0n) is 19.3. The average Bonchev–Trinajstić information content (AvgIpc) is 3.24. The van der Waals surface area contributed by atoms with Crippen LogP contribution in [0.4, 0.5) is 0 Å². The van der Waals surface area contributed by atoms with E-state index in [0.717, 1.165) is 39.0 Å². The van der Waals surface area contributed by atoms with E-state index < -0.39 is 5.41 Å². The van der Waals surface area contributed by atoms with Gasteiger partial charge < -0.3 is 24.0 Å². The Morgan fingerprint density at radius 1 is 1.15 bits per heavy atom. The lowest BCUT2D eigenvalue weighted by Gasteiger charge is -2.43. The van der Waals surface area contributed by atoms with Gasteiger partial charge in [-0.25, -0.2) is 0 Å². The number of amides is 2. The lowest BCUT2D eigenvalue weighted by molar-refractivity contribution is -0.137. The molecule has 1 atom stereocenters. The Morgan fingerprint density at radius 3 is 2.64 bits per heavy atom. The second-order valence-electron chi connectivity index (χ2n) is 9.27. The molecular formula is C24H31ClN4O4. The van der Waals surface area contributed by atoms with Gasteiger partial charge in [0.15, 0.2) is 0 Å². The lowest BCUT2D eigenvalue weighted by atomic mass is 9.77. The highest BCUT2D eigenvalue weighted by molar-refractivity contribution is 6.30. The van der Waals surface area contributed by atoms with Gasteiger partial charge >= 0.3 is 0 Å². The SMILES string of the molecule is Cc1cc(C(=O)N2CCCC(COc3cccc(Cl)c3)(CC(=O)N3CCN(C)CC3)C2)on1. The number of aryl methyl sites for hydroxylation is 1. The minimum absolute atomic E-state index is 0.114. The summed E-state index contributed by atoms with van der Waals surface area (Å²) in [5.74, 6) is 0.796. The van der Waals surface area contributed by atoms with Crippen LogP contribution >= 0.6 is 11.6 Å². The number of piperazine rings is 1. The fourth-order valence-electron chi connectivity index (χ4n) is 4.60. The van der Waals surface area contributed by atoms with E-state index in [1.807, 2.05) is 17.0 Å². The van der Waals surface area contributed by atoms with Gasteiger partial charge in [0.2, 0.25) is 11.7 Å². The topological polar surface area (TPSA) is 79.1 Å². The maximum atomic E-state index is 13.3. The van der Waals surface area contributed by atoms with E-state index >= 15 is 0 Å². The second kappa shape index (κ2) is 10.1. The number of likely N-dealkylation sites (tertiary alicyclic amines) is 1. The summed E-state index contributed by atoms with van der Waals surface area (Å²) in [4.78, 5) is 32.3. The molecule has 4 rings (SSSR count). The molecule has 0 spiro atoms. The number of ether oxygens (including phenoxy) is 1. The van der Waals surface area contributed by atoms with Crippen molar-refractivity contribution in [3.05, 3.63) is 46.8 Å². The first-order valence-corrected chi connectivity index (χ1v) is 11.8. The van der Waals surface area contributed by atoms with Gasteiger partial charge in [-0.1, -0.05) is 22.8 Å². The number of nitrogens with zero attached hydrogens (tertiary/aromatic N) is 4. The number of piperidine rings is 1. The van der Waals surface area contributed by atoms with Crippen LogP contribution in [0.25, 0.3) is 0 Å². The Balaban J connectivity index is 1.52. The van der Waals surface area contributed by atoms with Gasteiger partial charge in [0.05, 0.1) is 12.3 Å². The molecule has 0 N–H and O–H groups in total. The van der Waals surface area contributed by atoms with Gasteiger partial charge in [-0.2, -0.15) is 0 Å². The van der Waals surface area contributed by atoms with Crippen LogP contribution in [0, 0.1) is 12.3 Å². The molecule has 0 aliphatic carbocycles. The number of carbonyl (C=O) groups is 2. The van der Waals surface area contributed by atoms with Crippen molar-refractivity contribution in [3.63, 3.8) is 0 Å². The first-order chi connectivity index (χ1) is 15.8. The summed E-state index contributed by atoms with van der Waals surface area (Å²) in [6, 6.07) is 8.89. The zero-order valence-corrected chi connectivity index (χ0v) is 20.0. The number of rotatable bonds is 6. The van der Waals surface area contributed by atoms with Crippen LogP contribution in [0.5, 0.6) is 5.75 Å². The van der Waals surface area contributed by atoms with Crippen molar-refractivity contribution in [2.45, 2.75) is 26.2 Å². The summed E-state index contributed by atoms with van der Waals surface area (Å²) in [5.41, 5.74) is 0.169. The van der Waals surface area contributed by atoms with Crippen molar-refractivity contribution in [3.8, 4) is 5.75 Å². The number of benzene rings is 1. The van der Waals surface area contributed by atoms with Gasteiger partial charge in [-0.05, 0) is 45.0 Å². The molecule has 2 fully saturated rings. The van der Waals surface area contributed by atoms with Crippen molar-refractivity contribution in [2.75, 3.05) is 52.9 Å². The lowest BCUT2D eigenvalue weighted by Crippen LogP contribution is -2.53. The Morgan fingerprint density at radius 2 is 1.94 bits per heavy atom. The molecule has 2 aliphatic heterocycles. The third-order valence-corrected chi connectivity index (χ3v) is 6.75. The largest absolute Gasteiger partial charge is 0.493 e. The van der Waals surface area contributed by atoms with Crippen molar-refractivity contribution >= 4 is 23.4 Å². The summed E-state index contributed by atoms with van der Waals surface area (Å²) in [5, 5.41) is 4.44. The molecule has 1 aromatic carbocycles. The third-order valence-electron chi connectivity index (χ3n) is 6.51. The molecule has 2 amide bonds. The zero-order chi connectivity index (χ0) is 23.4. The van der Waals surface area contributed by atoms with E-state index in [2.05, 4.69) is 17.1 Å². The first kappa shape index (κ1) is 23.6. The molecule has 178 valence electrons. The molecule has 8 nitrogen and oxygen atoms in total. The minimum Gasteiger partial charge on any atom is -0.493 e. The molecule has 9 heteroatoms. The van der Waals surface area contributed by atoms with Crippen LogP contribution in [0.2, 0.25) is 5.02 Å². The Labute approximate surface area is 199 Å². The summed E-state index contributed by atoms with van der Waals surface area (Å²) in [6.07, 6.45) is 1.91. The number of hydrogen-bond acceptors (Lipinski definition) is 6. The number of carbonyl (C=O) groups excluding carboxylic acids is 2. The average molecular weight is 475 g/mol. The predicted octanol–water partition coefficient (Wildman–Crippen LogP) is 3.10. The molecule has 2 aliphatic rings. The smallest absolute Gasteiger partial charge is 0.292 e. The summed E-state index contributed by atoms with van der Waals surface area (Å²) in [7, 11) is 2.07. The molecule has 1 unspecified atom stereocenters. The minimum atomic E-state index is -0.494. The fourth-order valence-corrected chi connectivity index (χ4v) is 4.78. The Kier molecular flexibility index (Phi) is 7.24. The van der Waals surface area contributed by atoms with E-state index in [0.29, 0.717) is 42.6 Å². The first-order valence-electron chi connectivity index (χ1n) is 11.4. The predicted molar refractivity (Wildman–Crippen MR) is 124 cm³/mol. The Bertz CT molecular complexity index is 988. The Hall–Kier alpha value is -2.58. The van der Waals surface area contributed by atoms with E-state index in [9.17, 15) is 9.59 Å². The molecule has 3 heterocycles. The number of aromatic nitrogens is 1. The third kappa shape index (κ3) is 5.86. The van der Waals surface area contributed by atoms with Crippen LogP contribution < -0.4 is 4.74 Å². The highest BCUT2D eigenvalue weighted by Gasteiger charge is 2.41. The molecule has 2 aromatic rings. The molecule has 33 heavy (non-hydrogen) atoms. The maximum Gasteiger partial charge on any atom is 0.292 e. The summed E-state index contributed by atoms with van der Waals surface area (Å²) < 4.78 is 11.3. The van der Waals surface area contributed by atoms with E-state index in [1.165, 1.54) is 0 Å². The normalized spacial score (nSPS) is 21.8. The second-order valence-corrected chi connectivity index (χ2v) is 9.71. The maximum absolute atomic E-state index is 13.3. The van der Waals surface area contributed by atoms with Crippen molar-refractivity contribution in [1.82, 2.24) is 19.9 Å². The summed E-state index contributed by atoms with van der Waals surface area (Å²) >= 11 is 6.12. The monoisotopic (exact) mass is 474 g/mol. The highest BCUT2D eigenvalue weighted by atomic mass is 35.5. The van der Waals surface area contributed by atoms with Crippen molar-refractivity contribution in [1.29, 1.82) is 0 Å².